The molecular formula is C10H8FNS2. The Labute approximate surface area is 90.0 Å². The quantitative estimate of drug-likeness (QED) is 0.741. The zero-order valence-electron chi connectivity index (χ0n) is 7.31. The summed E-state index contributed by atoms with van der Waals surface area (Å²) in [6.45, 7) is 0. The lowest BCUT2D eigenvalue weighted by molar-refractivity contribution is 0.626. The molecule has 72 valence electrons. The van der Waals surface area contributed by atoms with Crippen LogP contribution in [0.15, 0.2) is 40.1 Å². The standard InChI is InChI=1S/C10H8FNS2/c11-8-1-3-10(4-2-8)14-6-9-5-13-7-12-9/h1-5,7H,6H2. The van der Waals surface area contributed by atoms with Crippen molar-refractivity contribution in [2.75, 3.05) is 0 Å². The van der Waals surface area contributed by atoms with Crippen LogP contribution in [0.3, 0.4) is 0 Å². The minimum absolute atomic E-state index is 0.192. The number of hydrogen-bond acceptors (Lipinski definition) is 3. The van der Waals surface area contributed by atoms with Crippen LogP contribution < -0.4 is 0 Å². The van der Waals surface area contributed by atoms with Gasteiger partial charge in [-0.2, -0.15) is 0 Å². The normalized spacial score (nSPS) is 10.4. The molecule has 1 aromatic heterocycles. The molecular weight excluding hydrogens is 217 g/mol. The van der Waals surface area contributed by atoms with E-state index in [1.54, 1.807) is 35.2 Å². The maximum Gasteiger partial charge on any atom is 0.123 e. The number of rotatable bonds is 3. The number of halogens is 1. The van der Waals surface area contributed by atoms with Crippen LogP contribution in [0.1, 0.15) is 5.69 Å². The van der Waals surface area contributed by atoms with Gasteiger partial charge in [0, 0.05) is 16.0 Å². The fraction of sp³-hybridized carbons (Fsp3) is 0.100. The second-order valence-corrected chi connectivity index (χ2v) is 4.49. The van der Waals surface area contributed by atoms with Crippen molar-refractivity contribution in [2.24, 2.45) is 0 Å². The molecule has 0 atom stereocenters. The lowest BCUT2D eigenvalue weighted by atomic mass is 10.4. The molecule has 2 rings (SSSR count). The predicted octanol–water partition coefficient (Wildman–Crippen LogP) is 3.57. The number of nitrogens with zero attached hydrogens (tertiary/aromatic N) is 1. The molecule has 2 aromatic rings. The van der Waals surface area contributed by atoms with E-state index in [9.17, 15) is 4.39 Å². The van der Waals surface area contributed by atoms with Crippen LogP contribution in [0.5, 0.6) is 0 Å². The zero-order valence-corrected chi connectivity index (χ0v) is 8.95. The van der Waals surface area contributed by atoms with Gasteiger partial charge in [0.15, 0.2) is 0 Å². The van der Waals surface area contributed by atoms with Crippen molar-refractivity contribution in [1.82, 2.24) is 4.98 Å². The van der Waals surface area contributed by atoms with Crippen LogP contribution in [0.25, 0.3) is 0 Å². The number of hydrogen-bond donors (Lipinski definition) is 0. The van der Waals surface area contributed by atoms with Gasteiger partial charge in [-0.1, -0.05) is 0 Å². The van der Waals surface area contributed by atoms with E-state index >= 15 is 0 Å². The molecule has 1 heterocycles. The monoisotopic (exact) mass is 225 g/mol. The first-order valence-corrected chi connectivity index (χ1v) is 6.03. The first-order chi connectivity index (χ1) is 6.84. The van der Waals surface area contributed by atoms with Crippen LogP contribution in [0, 0.1) is 5.82 Å². The first kappa shape index (κ1) is 9.68. The smallest absolute Gasteiger partial charge is 0.123 e. The van der Waals surface area contributed by atoms with E-state index in [2.05, 4.69) is 4.98 Å². The molecule has 0 amide bonds. The van der Waals surface area contributed by atoms with Crippen molar-refractivity contribution in [3.63, 3.8) is 0 Å². The minimum atomic E-state index is -0.192. The molecule has 0 saturated carbocycles. The Hall–Kier alpha value is -0.870. The molecule has 0 radical (unpaired) electrons. The molecule has 1 aromatic carbocycles. The van der Waals surface area contributed by atoms with E-state index in [1.807, 2.05) is 10.9 Å². The van der Waals surface area contributed by atoms with Gasteiger partial charge in [-0.05, 0) is 24.3 Å². The minimum Gasteiger partial charge on any atom is -0.249 e. The summed E-state index contributed by atoms with van der Waals surface area (Å²) in [5.41, 5.74) is 2.89. The Balaban J connectivity index is 1.95. The van der Waals surface area contributed by atoms with Crippen molar-refractivity contribution in [2.45, 2.75) is 10.6 Å². The summed E-state index contributed by atoms with van der Waals surface area (Å²) in [5.74, 6) is 0.651. The van der Waals surface area contributed by atoms with E-state index in [4.69, 9.17) is 0 Å². The van der Waals surface area contributed by atoms with Gasteiger partial charge in [0.2, 0.25) is 0 Å². The van der Waals surface area contributed by atoms with E-state index in [-0.39, 0.29) is 5.82 Å². The SMILES string of the molecule is Fc1ccc(SCc2cscn2)cc1. The maximum atomic E-state index is 12.6. The van der Waals surface area contributed by atoms with Gasteiger partial charge in [0.1, 0.15) is 5.82 Å². The second kappa shape index (κ2) is 4.57. The molecule has 0 fully saturated rings. The molecule has 1 nitrogen and oxygen atoms in total. The van der Waals surface area contributed by atoms with Crippen LogP contribution in [0.2, 0.25) is 0 Å². The third kappa shape index (κ3) is 2.56. The van der Waals surface area contributed by atoms with Crippen molar-refractivity contribution in [1.29, 1.82) is 0 Å². The summed E-state index contributed by atoms with van der Waals surface area (Å²) >= 11 is 3.26. The van der Waals surface area contributed by atoms with Gasteiger partial charge < -0.3 is 0 Å². The van der Waals surface area contributed by atoms with Gasteiger partial charge in [0.25, 0.3) is 0 Å². The van der Waals surface area contributed by atoms with Gasteiger partial charge in [-0.15, -0.1) is 23.1 Å². The second-order valence-electron chi connectivity index (χ2n) is 2.72. The molecule has 0 aliphatic carbocycles. The van der Waals surface area contributed by atoms with Crippen LogP contribution >= 0.6 is 23.1 Å². The van der Waals surface area contributed by atoms with Gasteiger partial charge >= 0.3 is 0 Å². The molecule has 0 spiro atoms. The third-order valence-corrected chi connectivity index (χ3v) is 3.36. The molecule has 14 heavy (non-hydrogen) atoms. The lowest BCUT2D eigenvalue weighted by Gasteiger charge is -1.98. The Bertz CT molecular complexity index is 383. The molecule has 0 saturated heterocycles. The summed E-state index contributed by atoms with van der Waals surface area (Å²) in [4.78, 5) is 5.24. The first-order valence-electron chi connectivity index (χ1n) is 4.10. The van der Waals surface area contributed by atoms with Gasteiger partial charge in [0.05, 0.1) is 11.2 Å². The van der Waals surface area contributed by atoms with E-state index < -0.39 is 0 Å². The highest BCUT2D eigenvalue weighted by Gasteiger charge is 1.97. The topological polar surface area (TPSA) is 12.9 Å². The molecule has 4 heteroatoms. The molecule has 0 aliphatic rings. The average molecular weight is 225 g/mol. The van der Waals surface area contributed by atoms with E-state index in [0.29, 0.717) is 0 Å². The highest BCUT2D eigenvalue weighted by Crippen LogP contribution is 2.22. The molecule has 0 unspecified atom stereocenters. The van der Waals surface area contributed by atoms with Gasteiger partial charge in [-0.25, -0.2) is 9.37 Å². The Kier molecular flexibility index (Phi) is 3.16. The summed E-state index contributed by atoms with van der Waals surface area (Å²) in [6, 6.07) is 6.52. The van der Waals surface area contributed by atoms with Crippen molar-refractivity contribution in [3.8, 4) is 0 Å². The number of aromatic nitrogens is 1. The van der Waals surface area contributed by atoms with Crippen LogP contribution in [-0.4, -0.2) is 4.98 Å². The fourth-order valence-electron chi connectivity index (χ4n) is 0.997. The molecule has 0 aliphatic heterocycles. The zero-order chi connectivity index (χ0) is 9.80. The van der Waals surface area contributed by atoms with Crippen molar-refractivity contribution < 1.29 is 4.39 Å². The highest BCUT2D eigenvalue weighted by molar-refractivity contribution is 7.98. The van der Waals surface area contributed by atoms with Crippen molar-refractivity contribution in [3.05, 3.63) is 46.7 Å². The lowest BCUT2D eigenvalue weighted by Crippen LogP contribution is -1.79. The van der Waals surface area contributed by atoms with E-state index in [1.165, 1.54) is 12.1 Å². The van der Waals surface area contributed by atoms with Gasteiger partial charge in [-0.3, -0.25) is 0 Å². The van der Waals surface area contributed by atoms with E-state index in [0.717, 1.165) is 16.3 Å². The summed E-state index contributed by atoms with van der Waals surface area (Å²) in [5, 5.41) is 2.02. The summed E-state index contributed by atoms with van der Waals surface area (Å²) in [7, 11) is 0. The largest absolute Gasteiger partial charge is 0.249 e. The summed E-state index contributed by atoms with van der Waals surface area (Å²) in [6.07, 6.45) is 0. The average Bonchev–Trinajstić information content (AvgIpc) is 2.70. The number of benzene rings is 1. The fourth-order valence-corrected chi connectivity index (χ4v) is 2.46. The molecule has 0 bridgehead atoms. The van der Waals surface area contributed by atoms with Crippen molar-refractivity contribution >= 4 is 23.1 Å². The van der Waals surface area contributed by atoms with Crippen LogP contribution in [-0.2, 0) is 5.75 Å². The maximum absolute atomic E-state index is 12.6. The highest BCUT2D eigenvalue weighted by atomic mass is 32.2. The van der Waals surface area contributed by atoms with Crippen LogP contribution in [0.4, 0.5) is 4.39 Å². The number of thiazole rings is 1. The summed E-state index contributed by atoms with van der Waals surface area (Å²) < 4.78 is 12.6. The molecule has 0 N–H and O–H groups in total. The predicted molar refractivity (Wildman–Crippen MR) is 58.1 cm³/mol. The third-order valence-electron chi connectivity index (χ3n) is 1.68. The Morgan fingerprint density at radius 2 is 2.07 bits per heavy atom. The Morgan fingerprint density at radius 1 is 1.29 bits per heavy atom. The number of thioether (sulfide) groups is 1. The Morgan fingerprint density at radius 3 is 2.71 bits per heavy atom.